The zero-order valence-corrected chi connectivity index (χ0v) is 15.1. The Kier molecular flexibility index (Phi) is 5.18. The number of hydrogen-bond acceptors (Lipinski definition) is 5. The number of hydrogen-bond donors (Lipinski definition) is 1. The van der Waals surface area contributed by atoms with Crippen molar-refractivity contribution < 1.29 is 4.79 Å². The molecule has 24 heavy (non-hydrogen) atoms. The van der Waals surface area contributed by atoms with Crippen LogP contribution in [0, 0.1) is 13.8 Å². The number of amides is 1. The zero-order valence-electron chi connectivity index (χ0n) is 14.3. The van der Waals surface area contributed by atoms with Crippen LogP contribution in [-0.2, 0) is 4.79 Å². The summed E-state index contributed by atoms with van der Waals surface area (Å²) in [5, 5.41) is 15.5. The largest absolute Gasteiger partial charge is 0.352 e. The van der Waals surface area contributed by atoms with Gasteiger partial charge in [-0.25, -0.2) is 0 Å². The van der Waals surface area contributed by atoms with Gasteiger partial charge >= 0.3 is 0 Å². The van der Waals surface area contributed by atoms with Gasteiger partial charge in [0.25, 0.3) is 0 Å². The van der Waals surface area contributed by atoms with Crippen molar-refractivity contribution in [3.63, 3.8) is 0 Å². The molecule has 6 nitrogen and oxygen atoms in total. The molecule has 0 radical (unpaired) electrons. The van der Waals surface area contributed by atoms with Crippen molar-refractivity contribution in [2.45, 2.75) is 62.9 Å². The number of benzene rings is 1. The Balaban J connectivity index is 1.71. The maximum absolute atomic E-state index is 12.4. The van der Waals surface area contributed by atoms with Crippen LogP contribution in [0.25, 0.3) is 5.69 Å². The summed E-state index contributed by atoms with van der Waals surface area (Å²) in [5.74, 6) is 0.0575. The van der Waals surface area contributed by atoms with Gasteiger partial charge in [0.1, 0.15) is 0 Å². The number of aromatic nitrogens is 4. The molecule has 1 aromatic heterocycles. The minimum atomic E-state index is -0.235. The molecule has 1 amide bonds. The van der Waals surface area contributed by atoms with Crippen LogP contribution in [0.4, 0.5) is 0 Å². The molecule has 1 heterocycles. The maximum Gasteiger partial charge on any atom is 0.233 e. The van der Waals surface area contributed by atoms with Crippen molar-refractivity contribution in [1.29, 1.82) is 0 Å². The van der Waals surface area contributed by atoms with Gasteiger partial charge in [0, 0.05) is 6.04 Å². The number of nitrogens with one attached hydrogen (secondary N) is 1. The first-order valence-corrected chi connectivity index (χ1v) is 9.25. The molecule has 1 aromatic carbocycles. The Labute approximate surface area is 146 Å². The summed E-state index contributed by atoms with van der Waals surface area (Å²) in [5.41, 5.74) is 3.24. The van der Waals surface area contributed by atoms with Crippen molar-refractivity contribution in [1.82, 2.24) is 25.5 Å². The van der Waals surface area contributed by atoms with Gasteiger partial charge in [-0.3, -0.25) is 4.79 Å². The summed E-state index contributed by atoms with van der Waals surface area (Å²) in [6, 6.07) is 6.47. The second-order valence-electron chi connectivity index (χ2n) is 6.41. The fraction of sp³-hybridized carbons (Fsp3) is 0.529. The van der Waals surface area contributed by atoms with E-state index >= 15 is 0 Å². The molecule has 2 aromatic rings. The van der Waals surface area contributed by atoms with Gasteiger partial charge in [-0.15, -0.1) is 5.10 Å². The van der Waals surface area contributed by atoms with Crippen LogP contribution in [0.2, 0.25) is 0 Å². The number of carbonyl (C=O) groups excluding carboxylic acids is 1. The van der Waals surface area contributed by atoms with Crippen LogP contribution in [0.1, 0.15) is 43.7 Å². The highest BCUT2D eigenvalue weighted by Gasteiger charge is 2.23. The van der Waals surface area contributed by atoms with Crippen LogP contribution in [0.15, 0.2) is 23.4 Å². The first kappa shape index (κ1) is 17.0. The van der Waals surface area contributed by atoms with Crippen LogP contribution in [-0.4, -0.2) is 37.4 Å². The molecule has 0 spiro atoms. The van der Waals surface area contributed by atoms with E-state index in [2.05, 4.69) is 33.8 Å². The van der Waals surface area contributed by atoms with Gasteiger partial charge in [-0.2, -0.15) is 4.68 Å². The smallest absolute Gasteiger partial charge is 0.233 e. The highest BCUT2D eigenvalue weighted by Crippen LogP contribution is 2.25. The van der Waals surface area contributed by atoms with Crippen molar-refractivity contribution in [2.24, 2.45) is 0 Å². The molecule has 1 saturated carbocycles. The third-order valence-corrected chi connectivity index (χ3v) is 5.41. The molecule has 1 aliphatic carbocycles. The second kappa shape index (κ2) is 7.34. The highest BCUT2D eigenvalue weighted by molar-refractivity contribution is 8.00. The number of rotatable bonds is 5. The summed E-state index contributed by atoms with van der Waals surface area (Å²) >= 11 is 1.39. The monoisotopic (exact) mass is 345 g/mol. The number of carbonyl (C=O) groups is 1. The molecule has 1 atom stereocenters. The number of nitrogens with zero attached hydrogens (tertiary/aromatic N) is 4. The lowest BCUT2D eigenvalue weighted by molar-refractivity contribution is -0.120. The lowest BCUT2D eigenvalue weighted by Crippen LogP contribution is -2.37. The number of aryl methyl sites for hydroxylation is 2. The standard InChI is InChI=1S/C17H23N5OS/c1-11-8-9-15(12(2)10-11)22-17(19-20-21-22)24-13(3)16(23)18-14-6-4-5-7-14/h8-10,13-14H,4-7H2,1-3H3,(H,18,23)/t13-/m1/s1. The first-order valence-electron chi connectivity index (χ1n) is 8.37. The second-order valence-corrected chi connectivity index (χ2v) is 7.72. The molecule has 1 N–H and O–H groups in total. The Bertz CT molecular complexity index is 724. The summed E-state index contributed by atoms with van der Waals surface area (Å²) in [6.45, 7) is 5.99. The fourth-order valence-corrected chi connectivity index (χ4v) is 3.86. The van der Waals surface area contributed by atoms with E-state index in [0.717, 1.165) is 24.1 Å². The lowest BCUT2D eigenvalue weighted by atomic mass is 10.1. The van der Waals surface area contributed by atoms with E-state index in [1.807, 2.05) is 26.0 Å². The Morgan fingerprint density at radius 3 is 2.79 bits per heavy atom. The van der Waals surface area contributed by atoms with Crippen LogP contribution in [0.5, 0.6) is 0 Å². The average molecular weight is 345 g/mol. The molecule has 3 rings (SSSR count). The fourth-order valence-electron chi connectivity index (χ4n) is 3.05. The highest BCUT2D eigenvalue weighted by atomic mass is 32.2. The predicted molar refractivity (Wildman–Crippen MR) is 94.3 cm³/mol. The molecule has 0 unspecified atom stereocenters. The first-order chi connectivity index (χ1) is 11.5. The van der Waals surface area contributed by atoms with E-state index in [1.165, 1.54) is 30.2 Å². The molecule has 1 aliphatic rings. The molecule has 0 bridgehead atoms. The zero-order chi connectivity index (χ0) is 17.1. The van der Waals surface area contributed by atoms with E-state index < -0.39 is 0 Å². The van der Waals surface area contributed by atoms with Crippen molar-refractivity contribution in [2.75, 3.05) is 0 Å². The Morgan fingerprint density at radius 2 is 2.08 bits per heavy atom. The Hall–Kier alpha value is -1.89. The molecule has 0 saturated heterocycles. The SMILES string of the molecule is Cc1ccc(-n2nnnc2S[C@H](C)C(=O)NC2CCCC2)c(C)c1. The molecule has 7 heteroatoms. The van der Waals surface area contributed by atoms with E-state index in [0.29, 0.717) is 11.2 Å². The third kappa shape index (κ3) is 3.77. The molecule has 1 fully saturated rings. The summed E-state index contributed by atoms with van der Waals surface area (Å²) < 4.78 is 1.71. The number of tetrazole rings is 1. The lowest BCUT2D eigenvalue weighted by Gasteiger charge is -2.16. The topological polar surface area (TPSA) is 72.7 Å². The van der Waals surface area contributed by atoms with Crippen molar-refractivity contribution in [3.8, 4) is 5.69 Å². The molecular formula is C17H23N5OS. The van der Waals surface area contributed by atoms with Crippen molar-refractivity contribution >= 4 is 17.7 Å². The van der Waals surface area contributed by atoms with Gasteiger partial charge < -0.3 is 5.32 Å². The van der Waals surface area contributed by atoms with Gasteiger partial charge in [-0.05, 0) is 55.7 Å². The van der Waals surface area contributed by atoms with Crippen LogP contribution >= 0.6 is 11.8 Å². The maximum atomic E-state index is 12.4. The van der Waals surface area contributed by atoms with Gasteiger partial charge in [0.15, 0.2) is 0 Å². The van der Waals surface area contributed by atoms with Crippen molar-refractivity contribution in [3.05, 3.63) is 29.3 Å². The normalized spacial score (nSPS) is 16.3. The Morgan fingerprint density at radius 1 is 1.33 bits per heavy atom. The molecule has 0 aliphatic heterocycles. The van der Waals surface area contributed by atoms with E-state index in [4.69, 9.17) is 0 Å². The average Bonchev–Trinajstić information content (AvgIpc) is 3.19. The predicted octanol–water partition coefficient (Wildman–Crippen LogP) is 2.82. The summed E-state index contributed by atoms with van der Waals surface area (Å²) in [4.78, 5) is 12.4. The van der Waals surface area contributed by atoms with Gasteiger partial charge in [0.2, 0.25) is 11.1 Å². The number of thioether (sulfide) groups is 1. The minimum Gasteiger partial charge on any atom is -0.352 e. The van der Waals surface area contributed by atoms with E-state index in [-0.39, 0.29) is 11.2 Å². The van der Waals surface area contributed by atoms with Gasteiger partial charge in [0.05, 0.1) is 10.9 Å². The van der Waals surface area contributed by atoms with E-state index in [9.17, 15) is 4.79 Å². The third-order valence-electron chi connectivity index (χ3n) is 4.37. The van der Waals surface area contributed by atoms with Crippen LogP contribution < -0.4 is 5.32 Å². The minimum absolute atomic E-state index is 0.0575. The van der Waals surface area contributed by atoms with E-state index in [1.54, 1.807) is 4.68 Å². The van der Waals surface area contributed by atoms with Gasteiger partial charge in [-0.1, -0.05) is 42.3 Å². The molecular weight excluding hydrogens is 322 g/mol. The summed E-state index contributed by atoms with van der Waals surface area (Å²) in [6.07, 6.45) is 4.59. The summed E-state index contributed by atoms with van der Waals surface area (Å²) in [7, 11) is 0. The molecule has 128 valence electrons. The quantitative estimate of drug-likeness (QED) is 0.844. The van der Waals surface area contributed by atoms with Crippen LogP contribution in [0.3, 0.4) is 0 Å².